The molecule has 2 amide bonds. The molecule has 3 aromatic rings. The fourth-order valence-electron chi connectivity index (χ4n) is 2.99. The molecular formula is C23H16ClNO5S2. The van der Waals surface area contributed by atoms with Crippen molar-refractivity contribution in [3.05, 3.63) is 85.9 Å². The number of benzene rings is 2. The van der Waals surface area contributed by atoms with Gasteiger partial charge in [-0.05, 0) is 58.6 Å². The largest absolute Gasteiger partial charge is 0.493 e. The molecule has 32 heavy (non-hydrogen) atoms. The summed E-state index contributed by atoms with van der Waals surface area (Å²) in [6.07, 6.45) is 1.60. The number of amides is 2. The van der Waals surface area contributed by atoms with Crippen LogP contribution in [0.1, 0.15) is 20.8 Å². The lowest BCUT2D eigenvalue weighted by molar-refractivity contribution is -0.123. The van der Waals surface area contributed by atoms with Crippen LogP contribution in [0.3, 0.4) is 0 Å². The topological polar surface area (TPSA) is 72.9 Å². The van der Waals surface area contributed by atoms with Gasteiger partial charge in [0.1, 0.15) is 4.88 Å². The Kier molecular flexibility index (Phi) is 6.64. The number of imide groups is 1. The van der Waals surface area contributed by atoms with E-state index < -0.39 is 11.9 Å². The standard InChI is InChI=1S/C23H16ClNO5S2/c1-29-18-11-14(8-9-17(18)30-22(27)19-7-4-10-31-19)12-20-21(26)25(23(28)32-20)13-15-5-2-3-6-16(15)24/h2-12H,13H2,1H3/b20-12-. The Labute approximate surface area is 197 Å². The summed E-state index contributed by atoms with van der Waals surface area (Å²) < 4.78 is 10.8. The Balaban J connectivity index is 1.53. The highest BCUT2D eigenvalue weighted by molar-refractivity contribution is 8.18. The van der Waals surface area contributed by atoms with Crippen molar-refractivity contribution >= 4 is 57.9 Å². The molecule has 1 aliphatic heterocycles. The van der Waals surface area contributed by atoms with Crippen LogP contribution in [0.5, 0.6) is 11.5 Å². The van der Waals surface area contributed by atoms with Crippen molar-refractivity contribution in [2.45, 2.75) is 6.54 Å². The van der Waals surface area contributed by atoms with E-state index in [0.29, 0.717) is 26.8 Å². The van der Waals surface area contributed by atoms with Crippen molar-refractivity contribution in [2.75, 3.05) is 7.11 Å². The third kappa shape index (κ3) is 4.72. The van der Waals surface area contributed by atoms with Gasteiger partial charge in [0.05, 0.1) is 18.6 Å². The maximum absolute atomic E-state index is 12.8. The number of rotatable bonds is 6. The molecule has 4 rings (SSSR count). The second kappa shape index (κ2) is 9.60. The molecule has 2 aromatic carbocycles. The summed E-state index contributed by atoms with van der Waals surface area (Å²) in [5.41, 5.74) is 1.32. The molecule has 9 heteroatoms. The van der Waals surface area contributed by atoms with Gasteiger partial charge in [0.25, 0.3) is 11.1 Å². The van der Waals surface area contributed by atoms with Gasteiger partial charge in [-0.25, -0.2) is 4.79 Å². The van der Waals surface area contributed by atoms with E-state index in [1.165, 1.54) is 18.4 Å². The second-order valence-electron chi connectivity index (χ2n) is 6.64. The zero-order chi connectivity index (χ0) is 22.7. The van der Waals surface area contributed by atoms with E-state index in [1.54, 1.807) is 66.1 Å². The number of hydrogen-bond acceptors (Lipinski definition) is 7. The van der Waals surface area contributed by atoms with Crippen LogP contribution in [0.25, 0.3) is 6.08 Å². The van der Waals surface area contributed by atoms with Crippen LogP contribution in [0, 0.1) is 0 Å². The summed E-state index contributed by atoms with van der Waals surface area (Å²) >= 11 is 8.30. The molecule has 0 unspecified atom stereocenters. The lowest BCUT2D eigenvalue weighted by atomic mass is 10.1. The number of carbonyl (C=O) groups is 3. The summed E-state index contributed by atoms with van der Waals surface area (Å²) in [5.74, 6) is -0.285. The number of thioether (sulfide) groups is 1. The van der Waals surface area contributed by atoms with Crippen molar-refractivity contribution in [3.63, 3.8) is 0 Å². The van der Waals surface area contributed by atoms with Gasteiger partial charge >= 0.3 is 5.97 Å². The van der Waals surface area contributed by atoms with E-state index >= 15 is 0 Å². The molecule has 0 atom stereocenters. The van der Waals surface area contributed by atoms with E-state index in [1.807, 2.05) is 0 Å². The van der Waals surface area contributed by atoms with Gasteiger partial charge in [0, 0.05) is 5.02 Å². The Hall–Kier alpha value is -3.07. The molecule has 1 fully saturated rings. The van der Waals surface area contributed by atoms with Crippen LogP contribution in [0.15, 0.2) is 64.9 Å². The number of thiophene rings is 1. The fraction of sp³-hybridized carbons (Fsp3) is 0.0870. The van der Waals surface area contributed by atoms with E-state index in [-0.39, 0.29) is 22.4 Å². The predicted molar refractivity (Wildman–Crippen MR) is 125 cm³/mol. The monoisotopic (exact) mass is 485 g/mol. The molecule has 1 aromatic heterocycles. The van der Waals surface area contributed by atoms with Gasteiger partial charge in [-0.2, -0.15) is 0 Å². The molecular weight excluding hydrogens is 470 g/mol. The van der Waals surface area contributed by atoms with E-state index in [0.717, 1.165) is 16.7 Å². The summed E-state index contributed by atoms with van der Waals surface area (Å²) in [4.78, 5) is 39.4. The Morgan fingerprint density at radius 2 is 1.91 bits per heavy atom. The molecule has 0 bridgehead atoms. The lowest BCUT2D eigenvalue weighted by Crippen LogP contribution is -2.27. The third-order valence-corrected chi connectivity index (χ3v) is 6.70. The maximum Gasteiger partial charge on any atom is 0.353 e. The fourth-order valence-corrected chi connectivity index (χ4v) is 4.62. The minimum absolute atomic E-state index is 0.0998. The SMILES string of the molecule is COc1cc(/C=C2\SC(=O)N(Cc3ccccc3Cl)C2=O)ccc1OC(=O)c1cccs1. The van der Waals surface area contributed by atoms with Crippen LogP contribution in [0.2, 0.25) is 5.02 Å². The van der Waals surface area contributed by atoms with E-state index in [9.17, 15) is 14.4 Å². The first kappa shape index (κ1) is 22.1. The average Bonchev–Trinajstić information content (AvgIpc) is 3.41. The molecule has 0 saturated carbocycles. The third-order valence-electron chi connectivity index (χ3n) is 4.57. The molecule has 1 saturated heterocycles. The Morgan fingerprint density at radius 1 is 1.09 bits per heavy atom. The highest BCUT2D eigenvalue weighted by Gasteiger charge is 2.35. The van der Waals surface area contributed by atoms with Gasteiger partial charge in [0.2, 0.25) is 0 Å². The molecule has 0 aliphatic carbocycles. The lowest BCUT2D eigenvalue weighted by Gasteiger charge is -2.13. The van der Waals surface area contributed by atoms with Crippen molar-refractivity contribution in [1.29, 1.82) is 0 Å². The van der Waals surface area contributed by atoms with Crippen molar-refractivity contribution in [3.8, 4) is 11.5 Å². The highest BCUT2D eigenvalue weighted by Crippen LogP contribution is 2.36. The van der Waals surface area contributed by atoms with Crippen molar-refractivity contribution in [2.24, 2.45) is 0 Å². The number of halogens is 1. The summed E-state index contributed by atoms with van der Waals surface area (Å²) in [6, 6.07) is 15.4. The first-order valence-electron chi connectivity index (χ1n) is 9.39. The number of esters is 1. The molecule has 0 N–H and O–H groups in total. The minimum Gasteiger partial charge on any atom is -0.493 e. The number of nitrogens with zero attached hydrogens (tertiary/aromatic N) is 1. The average molecular weight is 486 g/mol. The molecule has 0 spiro atoms. The van der Waals surface area contributed by atoms with Crippen LogP contribution in [0.4, 0.5) is 4.79 Å². The second-order valence-corrected chi connectivity index (χ2v) is 8.98. The molecule has 162 valence electrons. The summed E-state index contributed by atoms with van der Waals surface area (Å²) in [6.45, 7) is 0.0998. The van der Waals surface area contributed by atoms with Gasteiger partial charge in [-0.3, -0.25) is 14.5 Å². The zero-order valence-electron chi connectivity index (χ0n) is 16.7. The van der Waals surface area contributed by atoms with Gasteiger partial charge in [0.15, 0.2) is 11.5 Å². The van der Waals surface area contributed by atoms with Crippen LogP contribution >= 0.6 is 34.7 Å². The highest BCUT2D eigenvalue weighted by atomic mass is 35.5. The van der Waals surface area contributed by atoms with Crippen molar-refractivity contribution in [1.82, 2.24) is 4.90 Å². The number of carbonyl (C=O) groups excluding carboxylic acids is 3. The first-order chi connectivity index (χ1) is 15.5. The molecule has 2 heterocycles. The maximum atomic E-state index is 12.8. The van der Waals surface area contributed by atoms with Gasteiger partial charge in [-0.15, -0.1) is 11.3 Å². The molecule has 0 radical (unpaired) electrons. The van der Waals surface area contributed by atoms with Gasteiger partial charge in [-0.1, -0.05) is 41.9 Å². The normalized spacial score (nSPS) is 14.8. The zero-order valence-corrected chi connectivity index (χ0v) is 19.1. The first-order valence-corrected chi connectivity index (χ1v) is 11.5. The summed E-state index contributed by atoms with van der Waals surface area (Å²) in [7, 11) is 1.46. The Bertz CT molecular complexity index is 1220. The van der Waals surface area contributed by atoms with Crippen molar-refractivity contribution < 1.29 is 23.9 Å². The smallest absolute Gasteiger partial charge is 0.353 e. The van der Waals surface area contributed by atoms with Crippen LogP contribution in [-0.4, -0.2) is 29.1 Å². The Morgan fingerprint density at radius 3 is 2.62 bits per heavy atom. The summed E-state index contributed by atoms with van der Waals surface area (Å²) in [5, 5.41) is 1.91. The predicted octanol–water partition coefficient (Wildman–Crippen LogP) is 5.87. The van der Waals surface area contributed by atoms with E-state index in [4.69, 9.17) is 21.1 Å². The molecule has 1 aliphatic rings. The quantitative estimate of drug-likeness (QED) is 0.247. The van der Waals surface area contributed by atoms with E-state index in [2.05, 4.69) is 0 Å². The van der Waals surface area contributed by atoms with Crippen LogP contribution in [-0.2, 0) is 11.3 Å². The van der Waals surface area contributed by atoms with Crippen LogP contribution < -0.4 is 9.47 Å². The molecule has 6 nitrogen and oxygen atoms in total. The number of methoxy groups -OCH3 is 1. The minimum atomic E-state index is -0.480. The number of ether oxygens (including phenoxy) is 2. The number of hydrogen-bond donors (Lipinski definition) is 0. The van der Waals surface area contributed by atoms with Gasteiger partial charge < -0.3 is 9.47 Å².